The number of hydrogen-bond acceptors (Lipinski definition) is 4. The molecule has 2 aromatic carbocycles. The van der Waals surface area contributed by atoms with E-state index in [1.807, 2.05) is 36.4 Å². The van der Waals surface area contributed by atoms with Crippen molar-refractivity contribution in [3.05, 3.63) is 70.9 Å². The number of ether oxygens (including phenoxy) is 1. The number of pyridine rings is 1. The van der Waals surface area contributed by atoms with Gasteiger partial charge >= 0.3 is 5.97 Å². The number of unbranched alkanes of at least 4 members (excludes halogenated alkanes) is 1. The maximum absolute atomic E-state index is 15.4. The van der Waals surface area contributed by atoms with E-state index < -0.39 is 18.1 Å². The number of benzene rings is 2. The van der Waals surface area contributed by atoms with E-state index in [4.69, 9.17) is 16.3 Å². The molecule has 36 heavy (non-hydrogen) atoms. The number of carboxylic acids is 1. The highest BCUT2D eigenvalue weighted by Crippen LogP contribution is 2.35. The first-order valence-corrected chi connectivity index (χ1v) is 13.1. The Morgan fingerprint density at radius 3 is 2.89 bits per heavy atom. The van der Waals surface area contributed by atoms with Gasteiger partial charge < -0.3 is 14.7 Å². The average Bonchev–Trinajstić information content (AvgIpc) is 2.89. The predicted molar refractivity (Wildman–Crippen MR) is 141 cm³/mol. The largest absolute Gasteiger partial charge is 0.497 e. The zero-order valence-corrected chi connectivity index (χ0v) is 21.5. The smallest absolute Gasteiger partial charge is 0.308 e. The lowest BCUT2D eigenvalue weighted by molar-refractivity contribution is -0.146. The number of alkyl halides is 1. The van der Waals surface area contributed by atoms with E-state index in [1.165, 1.54) is 5.56 Å². The van der Waals surface area contributed by atoms with Crippen LogP contribution in [0.5, 0.6) is 5.75 Å². The van der Waals surface area contributed by atoms with Gasteiger partial charge in [0.15, 0.2) is 0 Å². The minimum atomic E-state index is -1.18. The van der Waals surface area contributed by atoms with Gasteiger partial charge in [0, 0.05) is 23.2 Å². The summed E-state index contributed by atoms with van der Waals surface area (Å²) in [7, 11) is 1.59. The Bertz CT molecular complexity index is 1170. The molecular formula is C29H34ClFN2O3. The van der Waals surface area contributed by atoms with Gasteiger partial charge in [-0.25, -0.2) is 4.39 Å². The van der Waals surface area contributed by atoms with E-state index in [-0.39, 0.29) is 5.92 Å². The zero-order chi connectivity index (χ0) is 25.5. The number of carbonyl (C=O) groups is 1. The number of aliphatic carboxylic acids is 1. The molecule has 1 fully saturated rings. The van der Waals surface area contributed by atoms with Gasteiger partial charge in [0.05, 0.1) is 18.5 Å². The predicted octanol–water partition coefficient (Wildman–Crippen LogP) is 6.73. The standard InChI is InChI=1S/C29H34ClFN2O3/c1-36-23-9-11-28-25(18-23)24(12-14-32-28)27(31)10-8-21-13-16-33(19-26(21)29(34)35)15-3-2-5-20-6-4-7-22(30)17-20/h4,6-7,9,11-12,14,17-18,21,26-27H,2-3,5,8,10,13,15-16,19H2,1H3,(H,34,35)/t21-,26+,27?/m1/s1. The van der Waals surface area contributed by atoms with E-state index in [0.29, 0.717) is 30.7 Å². The number of fused-ring (bicyclic) bond motifs is 1. The van der Waals surface area contributed by atoms with Crippen molar-refractivity contribution in [3.8, 4) is 5.75 Å². The second-order valence-corrected chi connectivity index (χ2v) is 10.1. The maximum atomic E-state index is 15.4. The monoisotopic (exact) mass is 512 g/mol. The molecule has 3 atom stereocenters. The molecule has 0 spiro atoms. The number of rotatable bonds is 11. The molecule has 0 saturated carbocycles. The highest BCUT2D eigenvalue weighted by molar-refractivity contribution is 6.30. The van der Waals surface area contributed by atoms with Gasteiger partial charge in [0.2, 0.25) is 0 Å². The van der Waals surface area contributed by atoms with Crippen LogP contribution in [-0.4, -0.2) is 47.7 Å². The molecule has 1 aliphatic rings. The number of piperidine rings is 1. The number of carboxylic acid groups (broad SMARTS) is 1. The van der Waals surface area contributed by atoms with E-state index in [9.17, 15) is 9.90 Å². The lowest BCUT2D eigenvalue weighted by Gasteiger charge is -2.37. The number of halogens is 2. The third-order valence-corrected chi connectivity index (χ3v) is 7.58. The van der Waals surface area contributed by atoms with Crippen molar-refractivity contribution in [2.75, 3.05) is 26.7 Å². The van der Waals surface area contributed by atoms with Crippen LogP contribution in [0.15, 0.2) is 54.7 Å². The number of hydrogen-bond donors (Lipinski definition) is 1. The molecule has 0 bridgehead atoms. The second kappa shape index (κ2) is 12.5. The molecule has 192 valence electrons. The van der Waals surface area contributed by atoms with E-state index in [1.54, 1.807) is 19.4 Å². The molecule has 0 amide bonds. The van der Waals surface area contributed by atoms with Crippen LogP contribution in [0.2, 0.25) is 5.02 Å². The summed E-state index contributed by atoms with van der Waals surface area (Å²) < 4.78 is 20.7. The Balaban J connectivity index is 1.29. The fourth-order valence-corrected chi connectivity index (χ4v) is 5.53. The molecule has 3 aromatic rings. The molecule has 1 saturated heterocycles. The first-order chi connectivity index (χ1) is 17.4. The molecule has 1 aliphatic heterocycles. The van der Waals surface area contributed by atoms with E-state index in [2.05, 4.69) is 16.0 Å². The van der Waals surface area contributed by atoms with Crippen LogP contribution >= 0.6 is 11.6 Å². The van der Waals surface area contributed by atoms with Crippen molar-refractivity contribution in [1.29, 1.82) is 0 Å². The third kappa shape index (κ3) is 6.74. The number of likely N-dealkylation sites (tertiary alicyclic amines) is 1. The number of nitrogens with zero attached hydrogens (tertiary/aromatic N) is 2. The molecule has 0 aliphatic carbocycles. The molecule has 1 N–H and O–H groups in total. The summed E-state index contributed by atoms with van der Waals surface area (Å²) in [4.78, 5) is 18.6. The second-order valence-electron chi connectivity index (χ2n) is 9.71. The minimum Gasteiger partial charge on any atom is -0.497 e. The van der Waals surface area contributed by atoms with Crippen LogP contribution in [0.4, 0.5) is 4.39 Å². The Labute approximate surface area is 217 Å². The highest BCUT2D eigenvalue weighted by atomic mass is 35.5. The van der Waals surface area contributed by atoms with Crippen LogP contribution in [0.1, 0.15) is 49.4 Å². The van der Waals surface area contributed by atoms with Gasteiger partial charge in [0.1, 0.15) is 11.9 Å². The summed E-state index contributed by atoms with van der Waals surface area (Å²) in [5.41, 5.74) is 2.54. The quantitative estimate of drug-likeness (QED) is 0.288. The summed E-state index contributed by atoms with van der Waals surface area (Å²) >= 11 is 6.06. The molecule has 0 radical (unpaired) electrons. The molecule has 5 nitrogen and oxygen atoms in total. The van der Waals surface area contributed by atoms with Gasteiger partial charge in [0.25, 0.3) is 0 Å². The van der Waals surface area contributed by atoms with Gasteiger partial charge in [-0.2, -0.15) is 0 Å². The number of aromatic nitrogens is 1. The first kappa shape index (κ1) is 26.4. The Morgan fingerprint density at radius 2 is 2.11 bits per heavy atom. The first-order valence-electron chi connectivity index (χ1n) is 12.7. The summed E-state index contributed by atoms with van der Waals surface area (Å²) in [5.74, 6) is -0.604. The summed E-state index contributed by atoms with van der Waals surface area (Å²) in [6.07, 6.45) is 5.08. The van der Waals surface area contributed by atoms with Crippen LogP contribution in [-0.2, 0) is 11.2 Å². The summed E-state index contributed by atoms with van der Waals surface area (Å²) in [6.45, 7) is 2.27. The van der Waals surface area contributed by atoms with Crippen molar-refractivity contribution in [2.24, 2.45) is 11.8 Å². The van der Waals surface area contributed by atoms with Crippen molar-refractivity contribution in [1.82, 2.24) is 9.88 Å². The lowest BCUT2D eigenvalue weighted by Crippen LogP contribution is -2.44. The van der Waals surface area contributed by atoms with Crippen molar-refractivity contribution < 1.29 is 19.0 Å². The Morgan fingerprint density at radius 1 is 1.25 bits per heavy atom. The van der Waals surface area contributed by atoms with Crippen molar-refractivity contribution in [3.63, 3.8) is 0 Å². The van der Waals surface area contributed by atoms with Gasteiger partial charge in [-0.3, -0.25) is 9.78 Å². The maximum Gasteiger partial charge on any atom is 0.308 e. The van der Waals surface area contributed by atoms with Crippen LogP contribution < -0.4 is 4.74 Å². The van der Waals surface area contributed by atoms with Gasteiger partial charge in [-0.05, 0) is 105 Å². The van der Waals surface area contributed by atoms with Crippen LogP contribution in [0.3, 0.4) is 0 Å². The number of aryl methyl sites for hydroxylation is 1. The Hall–Kier alpha value is -2.70. The topological polar surface area (TPSA) is 62.7 Å². The van der Waals surface area contributed by atoms with Crippen molar-refractivity contribution >= 4 is 28.5 Å². The van der Waals surface area contributed by atoms with Crippen LogP contribution in [0.25, 0.3) is 10.9 Å². The minimum absolute atomic E-state index is 0.0221. The molecular weight excluding hydrogens is 479 g/mol. The normalized spacial score (nSPS) is 19.3. The molecule has 4 rings (SSSR count). The number of methoxy groups -OCH3 is 1. The SMILES string of the molecule is COc1ccc2nccc(C(F)CC[C@@H]3CCN(CCCCc4cccc(Cl)c4)C[C@@H]3C(=O)O)c2c1. The summed E-state index contributed by atoms with van der Waals surface area (Å²) in [6, 6.07) is 15.1. The molecule has 2 heterocycles. The fourth-order valence-electron chi connectivity index (χ4n) is 5.32. The van der Waals surface area contributed by atoms with Gasteiger partial charge in [-0.1, -0.05) is 23.7 Å². The third-order valence-electron chi connectivity index (χ3n) is 7.35. The fraction of sp³-hybridized carbons (Fsp3) is 0.448. The lowest BCUT2D eigenvalue weighted by atomic mass is 9.81. The molecule has 1 aromatic heterocycles. The van der Waals surface area contributed by atoms with E-state index >= 15 is 4.39 Å². The zero-order valence-electron chi connectivity index (χ0n) is 20.7. The van der Waals surface area contributed by atoms with E-state index in [0.717, 1.165) is 54.7 Å². The highest BCUT2D eigenvalue weighted by Gasteiger charge is 2.34. The van der Waals surface area contributed by atoms with Gasteiger partial charge in [-0.15, -0.1) is 0 Å². The summed E-state index contributed by atoms with van der Waals surface area (Å²) in [5, 5.41) is 11.4. The Kier molecular flexibility index (Phi) is 9.16. The molecule has 1 unspecified atom stereocenters. The molecule has 7 heteroatoms. The van der Waals surface area contributed by atoms with Crippen LogP contribution in [0, 0.1) is 11.8 Å². The van der Waals surface area contributed by atoms with Crippen molar-refractivity contribution in [2.45, 2.75) is 44.7 Å². The average molecular weight is 513 g/mol.